The largest absolute Gasteiger partial charge is 0.369 e. The Morgan fingerprint density at radius 2 is 0.913 bits per heavy atom. The third-order valence-electron chi connectivity index (χ3n) is 9.03. The summed E-state index contributed by atoms with van der Waals surface area (Å²) >= 11 is 0. The van der Waals surface area contributed by atoms with E-state index in [4.69, 9.17) is 9.97 Å². The standard InChI is InChI=1S/C34H34N8O4/c43-41(44)29-9-5-27(6-10-29)39-17-13-37(14-18-39)23-33-34(36-32-22-26-4-2-1-3-25(26)21-31(32)35-33)24-38-15-19-40(20-16-38)28-7-11-30(12-8-28)42(45)46/h1-12,21-22H,13-20,23-24H2. The van der Waals surface area contributed by atoms with Gasteiger partial charge < -0.3 is 9.80 Å². The van der Waals surface area contributed by atoms with E-state index < -0.39 is 0 Å². The van der Waals surface area contributed by atoms with Crippen LogP contribution in [0.25, 0.3) is 21.8 Å². The van der Waals surface area contributed by atoms with E-state index in [1.807, 2.05) is 36.4 Å². The zero-order valence-corrected chi connectivity index (χ0v) is 25.4. The van der Waals surface area contributed by atoms with Gasteiger partial charge in [0.1, 0.15) is 0 Å². The predicted molar refractivity (Wildman–Crippen MR) is 178 cm³/mol. The van der Waals surface area contributed by atoms with Crippen molar-refractivity contribution >= 4 is 44.6 Å². The van der Waals surface area contributed by atoms with Crippen LogP contribution < -0.4 is 9.80 Å². The van der Waals surface area contributed by atoms with Crippen molar-refractivity contribution < 1.29 is 9.85 Å². The van der Waals surface area contributed by atoms with Gasteiger partial charge in [-0.25, -0.2) is 9.97 Å². The monoisotopic (exact) mass is 618 g/mol. The molecule has 2 aliphatic rings. The highest BCUT2D eigenvalue weighted by molar-refractivity contribution is 5.94. The van der Waals surface area contributed by atoms with E-state index in [0.717, 1.165) is 96.9 Å². The van der Waals surface area contributed by atoms with Crippen LogP contribution in [0.1, 0.15) is 11.4 Å². The maximum Gasteiger partial charge on any atom is 0.269 e. The summed E-state index contributed by atoms with van der Waals surface area (Å²) in [6, 6.07) is 26.1. The molecule has 234 valence electrons. The number of non-ortho nitro benzene ring substituents is 2. The molecule has 0 aliphatic carbocycles. The lowest BCUT2D eigenvalue weighted by molar-refractivity contribution is -0.385. The lowest BCUT2D eigenvalue weighted by Gasteiger charge is -2.37. The van der Waals surface area contributed by atoms with Crippen molar-refractivity contribution in [2.75, 3.05) is 62.2 Å². The first-order valence-electron chi connectivity index (χ1n) is 15.5. The van der Waals surface area contributed by atoms with E-state index in [2.05, 4.69) is 43.9 Å². The minimum Gasteiger partial charge on any atom is -0.369 e. The Balaban J connectivity index is 1.07. The highest BCUT2D eigenvalue weighted by Gasteiger charge is 2.23. The fourth-order valence-corrected chi connectivity index (χ4v) is 6.39. The first-order chi connectivity index (χ1) is 22.4. The summed E-state index contributed by atoms with van der Waals surface area (Å²) in [7, 11) is 0. The van der Waals surface area contributed by atoms with Gasteiger partial charge in [0.2, 0.25) is 0 Å². The molecule has 1 aromatic heterocycles. The molecule has 5 aromatic rings. The number of aromatic nitrogens is 2. The summed E-state index contributed by atoms with van der Waals surface area (Å²) in [5.41, 5.74) is 5.96. The lowest BCUT2D eigenvalue weighted by Crippen LogP contribution is -2.47. The van der Waals surface area contributed by atoms with Crippen LogP contribution in [0, 0.1) is 20.2 Å². The molecule has 2 saturated heterocycles. The number of hydrogen-bond donors (Lipinski definition) is 0. The molecule has 0 radical (unpaired) electrons. The second kappa shape index (κ2) is 12.7. The van der Waals surface area contributed by atoms with Crippen LogP contribution in [-0.2, 0) is 13.1 Å². The Morgan fingerprint density at radius 3 is 1.26 bits per heavy atom. The number of fused-ring (bicyclic) bond motifs is 2. The second-order valence-electron chi connectivity index (χ2n) is 11.9. The number of rotatable bonds is 8. The first-order valence-corrected chi connectivity index (χ1v) is 15.5. The van der Waals surface area contributed by atoms with Gasteiger partial charge >= 0.3 is 0 Å². The molecule has 4 aromatic carbocycles. The van der Waals surface area contributed by atoms with E-state index in [-0.39, 0.29) is 21.2 Å². The molecule has 0 bridgehead atoms. The van der Waals surface area contributed by atoms with Gasteiger partial charge in [-0.2, -0.15) is 0 Å². The Hall–Kier alpha value is -5.20. The van der Waals surface area contributed by atoms with Crippen LogP contribution in [0.15, 0.2) is 84.9 Å². The van der Waals surface area contributed by atoms with Crippen LogP contribution in [0.4, 0.5) is 22.7 Å². The van der Waals surface area contributed by atoms with Gasteiger partial charge in [-0.1, -0.05) is 24.3 Å². The summed E-state index contributed by atoms with van der Waals surface area (Å²) in [5.74, 6) is 0. The molecule has 7 rings (SSSR count). The van der Waals surface area contributed by atoms with Gasteiger partial charge in [0, 0.05) is 101 Å². The normalized spacial score (nSPS) is 16.3. The Morgan fingerprint density at radius 1 is 0.543 bits per heavy atom. The van der Waals surface area contributed by atoms with Crippen LogP contribution in [0.2, 0.25) is 0 Å². The van der Waals surface area contributed by atoms with Crippen molar-refractivity contribution in [3.8, 4) is 0 Å². The zero-order valence-electron chi connectivity index (χ0n) is 25.4. The van der Waals surface area contributed by atoms with Gasteiger partial charge in [0.05, 0.1) is 32.3 Å². The summed E-state index contributed by atoms with van der Waals surface area (Å²) in [6.07, 6.45) is 0. The molecular weight excluding hydrogens is 584 g/mol. The third-order valence-corrected chi connectivity index (χ3v) is 9.03. The van der Waals surface area contributed by atoms with E-state index in [1.54, 1.807) is 24.3 Å². The molecule has 12 nitrogen and oxygen atoms in total. The second-order valence-corrected chi connectivity index (χ2v) is 11.9. The predicted octanol–water partition coefficient (Wildman–Crippen LogP) is 5.24. The van der Waals surface area contributed by atoms with Crippen molar-refractivity contribution in [3.63, 3.8) is 0 Å². The van der Waals surface area contributed by atoms with Crippen molar-refractivity contribution in [2.45, 2.75) is 13.1 Å². The van der Waals surface area contributed by atoms with Crippen LogP contribution in [0.3, 0.4) is 0 Å². The summed E-state index contributed by atoms with van der Waals surface area (Å²) in [5, 5.41) is 24.4. The molecule has 0 unspecified atom stereocenters. The summed E-state index contributed by atoms with van der Waals surface area (Å²) < 4.78 is 0. The molecular formula is C34H34N8O4. The van der Waals surface area contributed by atoms with Gasteiger partial charge in [0.15, 0.2) is 0 Å². The molecule has 0 atom stereocenters. The number of piperazine rings is 2. The van der Waals surface area contributed by atoms with Gasteiger partial charge in [-0.3, -0.25) is 30.0 Å². The number of nitro groups is 2. The van der Waals surface area contributed by atoms with E-state index in [9.17, 15) is 20.2 Å². The molecule has 0 saturated carbocycles. The SMILES string of the molecule is O=[N+]([O-])c1ccc(N2CCN(Cc3nc4cc5ccccc5cc4nc3CN3CCN(c4ccc([N+](=O)[O-])cc4)CC3)CC2)cc1. The highest BCUT2D eigenvalue weighted by atomic mass is 16.6. The van der Waals surface area contributed by atoms with Crippen molar-refractivity contribution in [1.29, 1.82) is 0 Å². The number of nitrogens with zero attached hydrogens (tertiary/aromatic N) is 8. The molecule has 12 heteroatoms. The van der Waals surface area contributed by atoms with Crippen molar-refractivity contribution in [3.05, 3.63) is 117 Å². The average Bonchev–Trinajstić information content (AvgIpc) is 3.08. The zero-order chi connectivity index (χ0) is 31.6. The Bertz CT molecular complexity index is 1750. The minimum absolute atomic E-state index is 0.102. The third kappa shape index (κ3) is 6.30. The quantitative estimate of drug-likeness (QED) is 0.129. The number of benzene rings is 4. The van der Waals surface area contributed by atoms with Crippen LogP contribution in [0.5, 0.6) is 0 Å². The maximum atomic E-state index is 11.1. The first kappa shape index (κ1) is 29.5. The summed E-state index contributed by atoms with van der Waals surface area (Å²) in [6.45, 7) is 8.08. The molecule has 0 spiro atoms. The molecule has 46 heavy (non-hydrogen) atoms. The van der Waals surface area contributed by atoms with Crippen LogP contribution in [-0.4, -0.2) is 82.0 Å². The lowest BCUT2D eigenvalue weighted by atomic mass is 10.1. The Kier molecular flexibility index (Phi) is 8.12. The highest BCUT2D eigenvalue weighted by Crippen LogP contribution is 2.26. The minimum atomic E-state index is -0.369. The maximum absolute atomic E-state index is 11.1. The van der Waals surface area contributed by atoms with Gasteiger partial charge in [-0.05, 0) is 47.2 Å². The number of anilines is 2. The number of hydrogen-bond acceptors (Lipinski definition) is 10. The molecule has 3 heterocycles. The van der Waals surface area contributed by atoms with E-state index in [0.29, 0.717) is 13.1 Å². The smallest absolute Gasteiger partial charge is 0.269 e. The Labute approximate surface area is 265 Å². The molecule has 2 aliphatic heterocycles. The van der Waals surface area contributed by atoms with E-state index >= 15 is 0 Å². The topological polar surface area (TPSA) is 125 Å². The fraction of sp³-hybridized carbons (Fsp3) is 0.294. The van der Waals surface area contributed by atoms with Gasteiger partial charge in [0.25, 0.3) is 11.4 Å². The van der Waals surface area contributed by atoms with Crippen molar-refractivity contribution in [2.24, 2.45) is 0 Å². The van der Waals surface area contributed by atoms with Crippen LogP contribution >= 0.6 is 0 Å². The average molecular weight is 619 g/mol. The van der Waals surface area contributed by atoms with Crippen molar-refractivity contribution in [1.82, 2.24) is 19.8 Å². The number of nitro benzene ring substituents is 2. The fourth-order valence-electron chi connectivity index (χ4n) is 6.39. The van der Waals surface area contributed by atoms with E-state index in [1.165, 1.54) is 0 Å². The van der Waals surface area contributed by atoms with Gasteiger partial charge in [-0.15, -0.1) is 0 Å². The molecule has 2 fully saturated rings. The molecule has 0 amide bonds. The molecule has 0 N–H and O–H groups in total. The summed E-state index contributed by atoms with van der Waals surface area (Å²) in [4.78, 5) is 41.1.